The van der Waals surface area contributed by atoms with Crippen LogP contribution in [-0.4, -0.2) is 49.2 Å². The molecule has 3 amide bonds. The molecule has 0 fully saturated rings. The Morgan fingerprint density at radius 3 is 2.44 bits per heavy atom. The number of nitrogens with zero attached hydrogens (tertiary/aromatic N) is 4. The number of carbonyl (C=O) groups excluding carboxylic acids is 2. The molecule has 0 radical (unpaired) electrons. The molecule has 13 heteroatoms. The number of amides is 3. The third kappa shape index (κ3) is 7.36. The summed E-state index contributed by atoms with van der Waals surface area (Å²) in [5.41, 5.74) is -0.835. The van der Waals surface area contributed by atoms with E-state index < -0.39 is 48.1 Å². The van der Waals surface area contributed by atoms with Crippen molar-refractivity contribution in [3.8, 4) is 0 Å². The van der Waals surface area contributed by atoms with Gasteiger partial charge >= 0.3 is 12.1 Å². The minimum Gasteiger partial charge on any atom is -0.443 e. The van der Waals surface area contributed by atoms with Crippen LogP contribution in [0.4, 0.5) is 24.1 Å². The maximum Gasteiger partial charge on any atom is 0.426 e. The number of hydrogen-bond acceptors (Lipinski definition) is 6. The van der Waals surface area contributed by atoms with Gasteiger partial charge in [0.25, 0.3) is 0 Å². The van der Waals surface area contributed by atoms with Gasteiger partial charge in [0.05, 0.1) is 13.1 Å². The molecule has 10 nitrogen and oxygen atoms in total. The number of aliphatic hydroxyl groups is 1. The van der Waals surface area contributed by atoms with E-state index in [0.717, 1.165) is 17.1 Å². The molecule has 1 heterocycles. The standard InChI is InChI=1S/C23H25ClF2N6O4/c1-22(2,3)36-21(34)30-32(20(33)29-17-7-4-15(24)5-8-17)12-23(35,11-31-14-27-13-28-31)18-9-6-16(25)10-19(18)26/h4-10,13-14,35H,11-12H2,1-3H3,(H,29,33)(H,30,34)/t23-/m1/s1. The molecule has 1 atom stereocenters. The lowest BCUT2D eigenvalue weighted by atomic mass is 9.92. The fourth-order valence-electron chi connectivity index (χ4n) is 3.23. The Bertz CT molecular complexity index is 1200. The third-order valence-corrected chi connectivity index (χ3v) is 4.96. The smallest absolute Gasteiger partial charge is 0.426 e. The topological polar surface area (TPSA) is 122 Å². The number of halogens is 3. The number of benzene rings is 2. The van der Waals surface area contributed by atoms with Crippen LogP contribution in [0.3, 0.4) is 0 Å². The molecule has 0 aliphatic rings. The second-order valence-corrected chi connectivity index (χ2v) is 9.32. The van der Waals surface area contributed by atoms with Crippen LogP contribution < -0.4 is 10.7 Å². The van der Waals surface area contributed by atoms with Crippen molar-refractivity contribution >= 4 is 29.4 Å². The number of anilines is 1. The van der Waals surface area contributed by atoms with Gasteiger partial charge in [-0.1, -0.05) is 17.7 Å². The van der Waals surface area contributed by atoms with Crippen molar-refractivity contribution in [2.24, 2.45) is 0 Å². The molecule has 0 unspecified atom stereocenters. The molecular weight excluding hydrogens is 498 g/mol. The Hall–Kier alpha value is -3.77. The summed E-state index contributed by atoms with van der Waals surface area (Å²) in [4.78, 5) is 29.5. The minimum atomic E-state index is -2.20. The Morgan fingerprint density at radius 2 is 1.86 bits per heavy atom. The first-order valence-corrected chi connectivity index (χ1v) is 11.1. The van der Waals surface area contributed by atoms with E-state index in [1.54, 1.807) is 20.8 Å². The van der Waals surface area contributed by atoms with Crippen molar-refractivity contribution in [3.63, 3.8) is 0 Å². The normalized spacial score (nSPS) is 13.0. The number of ether oxygens (including phenoxy) is 1. The summed E-state index contributed by atoms with van der Waals surface area (Å²) in [5.74, 6) is -1.92. The second-order valence-electron chi connectivity index (χ2n) is 8.89. The highest BCUT2D eigenvalue weighted by molar-refractivity contribution is 6.30. The number of hydrogen-bond donors (Lipinski definition) is 3. The van der Waals surface area contributed by atoms with E-state index in [1.807, 2.05) is 0 Å². The lowest BCUT2D eigenvalue weighted by molar-refractivity contribution is -0.0250. The predicted octanol–water partition coefficient (Wildman–Crippen LogP) is 4.07. The van der Waals surface area contributed by atoms with Crippen molar-refractivity contribution in [1.29, 1.82) is 0 Å². The average Bonchev–Trinajstić information content (AvgIpc) is 3.26. The predicted molar refractivity (Wildman–Crippen MR) is 127 cm³/mol. The fraction of sp³-hybridized carbons (Fsp3) is 0.304. The molecule has 36 heavy (non-hydrogen) atoms. The zero-order valence-corrected chi connectivity index (χ0v) is 20.5. The van der Waals surface area contributed by atoms with Gasteiger partial charge in [0.15, 0.2) is 0 Å². The number of carbonyl (C=O) groups is 2. The molecule has 3 rings (SSSR count). The van der Waals surface area contributed by atoms with Crippen LogP contribution in [-0.2, 0) is 16.9 Å². The molecule has 1 aromatic heterocycles. The van der Waals surface area contributed by atoms with Crippen molar-refractivity contribution in [3.05, 3.63) is 77.3 Å². The second kappa shape index (κ2) is 10.9. The van der Waals surface area contributed by atoms with E-state index in [0.29, 0.717) is 16.8 Å². The summed E-state index contributed by atoms with van der Waals surface area (Å²) in [5, 5.41) is 19.2. The van der Waals surface area contributed by atoms with E-state index in [9.17, 15) is 23.5 Å². The first-order chi connectivity index (χ1) is 16.8. The summed E-state index contributed by atoms with van der Waals surface area (Å²) in [6.07, 6.45) is 1.47. The van der Waals surface area contributed by atoms with Crippen molar-refractivity contribution in [2.45, 2.75) is 38.5 Å². The van der Waals surface area contributed by atoms with Crippen LogP contribution in [0.1, 0.15) is 26.3 Å². The Kier molecular flexibility index (Phi) is 8.10. The van der Waals surface area contributed by atoms with E-state index in [1.165, 1.54) is 41.6 Å². The van der Waals surface area contributed by atoms with Crippen LogP contribution in [0.2, 0.25) is 5.02 Å². The Balaban J connectivity index is 1.97. The van der Waals surface area contributed by atoms with Crippen LogP contribution in [0.15, 0.2) is 55.1 Å². The van der Waals surface area contributed by atoms with E-state index in [2.05, 4.69) is 20.8 Å². The molecule has 0 saturated carbocycles. The van der Waals surface area contributed by atoms with Gasteiger partial charge in [-0.2, -0.15) is 5.10 Å². The van der Waals surface area contributed by atoms with Crippen LogP contribution in [0.25, 0.3) is 0 Å². The van der Waals surface area contributed by atoms with Crippen molar-refractivity contribution < 1.29 is 28.2 Å². The largest absolute Gasteiger partial charge is 0.443 e. The minimum absolute atomic E-state index is 0.327. The van der Waals surface area contributed by atoms with Gasteiger partial charge in [0, 0.05) is 22.3 Å². The van der Waals surface area contributed by atoms with Crippen LogP contribution in [0, 0.1) is 11.6 Å². The first-order valence-electron chi connectivity index (χ1n) is 10.7. The van der Waals surface area contributed by atoms with Crippen LogP contribution in [0.5, 0.6) is 0 Å². The van der Waals surface area contributed by atoms with E-state index in [4.69, 9.17) is 16.3 Å². The SMILES string of the molecule is CC(C)(C)OC(=O)NN(C[C@](O)(Cn1cncn1)c1ccc(F)cc1F)C(=O)Nc1ccc(Cl)cc1. The maximum absolute atomic E-state index is 14.8. The van der Waals surface area contributed by atoms with Gasteiger partial charge in [0.1, 0.15) is 35.5 Å². The maximum atomic E-state index is 14.8. The third-order valence-electron chi connectivity index (χ3n) is 4.71. The van der Waals surface area contributed by atoms with Gasteiger partial charge in [-0.15, -0.1) is 0 Å². The summed E-state index contributed by atoms with van der Waals surface area (Å²) < 4.78 is 34.8. The summed E-state index contributed by atoms with van der Waals surface area (Å²) in [6.45, 7) is 3.79. The highest BCUT2D eigenvalue weighted by atomic mass is 35.5. The number of hydrazine groups is 1. The molecule has 192 valence electrons. The molecule has 0 spiro atoms. The van der Waals surface area contributed by atoms with Gasteiger partial charge in [-0.25, -0.2) is 38.5 Å². The molecule has 2 aromatic carbocycles. The van der Waals surface area contributed by atoms with Gasteiger partial charge in [-0.05, 0) is 51.1 Å². The fourth-order valence-corrected chi connectivity index (χ4v) is 3.35. The molecule has 0 saturated heterocycles. The first kappa shape index (κ1) is 26.8. The van der Waals surface area contributed by atoms with Crippen molar-refractivity contribution in [2.75, 3.05) is 11.9 Å². The summed E-state index contributed by atoms with van der Waals surface area (Å²) in [7, 11) is 0. The van der Waals surface area contributed by atoms with Gasteiger partial charge < -0.3 is 15.2 Å². The number of nitrogens with one attached hydrogen (secondary N) is 2. The van der Waals surface area contributed by atoms with Crippen molar-refractivity contribution in [1.82, 2.24) is 25.2 Å². The number of aromatic nitrogens is 3. The lowest BCUT2D eigenvalue weighted by Gasteiger charge is -2.35. The zero-order chi connectivity index (χ0) is 26.5. The average molecular weight is 523 g/mol. The monoisotopic (exact) mass is 522 g/mol. The highest BCUT2D eigenvalue weighted by Crippen LogP contribution is 2.28. The van der Waals surface area contributed by atoms with Gasteiger partial charge in [0.2, 0.25) is 0 Å². The molecule has 0 aliphatic carbocycles. The quantitative estimate of drug-likeness (QED) is 0.420. The number of urea groups is 1. The van der Waals surface area contributed by atoms with E-state index in [-0.39, 0.29) is 5.56 Å². The molecule has 3 aromatic rings. The Morgan fingerprint density at radius 1 is 1.17 bits per heavy atom. The Labute approximate surface area is 210 Å². The summed E-state index contributed by atoms with van der Waals surface area (Å²) in [6, 6.07) is 7.84. The van der Waals surface area contributed by atoms with Gasteiger partial charge in [-0.3, -0.25) is 0 Å². The summed E-state index contributed by atoms with van der Waals surface area (Å²) >= 11 is 5.88. The molecule has 3 N–H and O–H groups in total. The van der Waals surface area contributed by atoms with E-state index >= 15 is 0 Å². The zero-order valence-electron chi connectivity index (χ0n) is 19.7. The lowest BCUT2D eigenvalue weighted by Crippen LogP contribution is -2.56. The van der Waals surface area contributed by atoms with Crippen LogP contribution >= 0.6 is 11.6 Å². The molecular formula is C23H25ClF2N6O4. The highest BCUT2D eigenvalue weighted by Gasteiger charge is 2.38. The molecule has 0 bridgehead atoms. The molecule has 0 aliphatic heterocycles. The number of rotatable bonds is 6.